The van der Waals surface area contributed by atoms with Crippen LogP contribution in [0.25, 0.3) is 22.4 Å². The summed E-state index contributed by atoms with van der Waals surface area (Å²) in [5.41, 5.74) is 4.19. The van der Waals surface area contributed by atoms with Gasteiger partial charge in [0.05, 0.1) is 24.9 Å². The smallest absolute Gasteiger partial charge is 0.407 e. The van der Waals surface area contributed by atoms with E-state index in [1.165, 1.54) is 12.0 Å². The molecule has 0 spiro atoms. The van der Waals surface area contributed by atoms with Crippen molar-refractivity contribution in [3.8, 4) is 22.4 Å². The second-order valence-electron chi connectivity index (χ2n) is 9.98. The first-order valence-electron chi connectivity index (χ1n) is 13.2. The average molecular weight is 501 g/mol. The fourth-order valence-electron chi connectivity index (χ4n) is 5.49. The molecule has 8 heteroatoms. The zero-order valence-electron chi connectivity index (χ0n) is 20.7. The van der Waals surface area contributed by atoms with Crippen molar-refractivity contribution < 1.29 is 19.0 Å². The minimum atomic E-state index is -0.421. The van der Waals surface area contributed by atoms with E-state index < -0.39 is 6.10 Å². The normalized spacial score (nSPS) is 25.4. The molecule has 192 valence electrons. The molecule has 3 aliphatic rings. The molecule has 6 rings (SSSR count). The Balaban J connectivity index is 1.06. The van der Waals surface area contributed by atoms with E-state index in [0.717, 1.165) is 42.5 Å². The van der Waals surface area contributed by atoms with E-state index in [0.29, 0.717) is 19.2 Å². The molecule has 0 bridgehead atoms. The van der Waals surface area contributed by atoms with E-state index in [9.17, 15) is 4.79 Å². The standard InChI is InChI=1S/C29H32N4O4/c34-29(31-22-9-5-2-6-10-22)37-25-18-36-26-24(17-35-27(25)26)33-28-30-16-15-23(32-28)21-13-11-20(12-14-21)19-7-3-1-4-8-19/h1,3-4,7-8,11-16,22,24-27H,2,5-6,9-10,17-18H2,(H,31,34)(H,30,32,33). The molecule has 37 heavy (non-hydrogen) atoms. The van der Waals surface area contributed by atoms with Gasteiger partial charge < -0.3 is 24.8 Å². The number of rotatable bonds is 6. The zero-order valence-corrected chi connectivity index (χ0v) is 20.7. The Morgan fingerprint density at radius 3 is 2.38 bits per heavy atom. The quantitative estimate of drug-likeness (QED) is 0.501. The Morgan fingerprint density at radius 1 is 0.838 bits per heavy atom. The lowest BCUT2D eigenvalue weighted by molar-refractivity contribution is 0.00314. The lowest BCUT2D eigenvalue weighted by atomic mass is 9.96. The van der Waals surface area contributed by atoms with Gasteiger partial charge >= 0.3 is 6.09 Å². The average Bonchev–Trinajstić information content (AvgIpc) is 3.53. The highest BCUT2D eigenvalue weighted by atomic mass is 16.6. The van der Waals surface area contributed by atoms with Gasteiger partial charge in [0.1, 0.15) is 12.2 Å². The summed E-state index contributed by atoms with van der Waals surface area (Å²) in [4.78, 5) is 21.6. The lowest BCUT2D eigenvalue weighted by Crippen LogP contribution is -2.42. The summed E-state index contributed by atoms with van der Waals surface area (Å²) in [5.74, 6) is 0.516. The van der Waals surface area contributed by atoms with Gasteiger partial charge in [0.15, 0.2) is 6.10 Å². The molecule has 1 aliphatic carbocycles. The van der Waals surface area contributed by atoms with Gasteiger partial charge in [-0.05, 0) is 30.0 Å². The van der Waals surface area contributed by atoms with Crippen molar-refractivity contribution in [2.75, 3.05) is 18.5 Å². The van der Waals surface area contributed by atoms with E-state index in [-0.39, 0.29) is 30.4 Å². The van der Waals surface area contributed by atoms with Crippen molar-refractivity contribution in [1.29, 1.82) is 0 Å². The summed E-state index contributed by atoms with van der Waals surface area (Å²) in [6, 6.07) is 20.6. The summed E-state index contributed by atoms with van der Waals surface area (Å²) in [7, 11) is 0. The van der Waals surface area contributed by atoms with E-state index in [1.54, 1.807) is 6.20 Å². The second kappa shape index (κ2) is 10.9. The molecule has 4 unspecified atom stereocenters. The number of alkyl carbamates (subject to hydrolysis) is 1. The summed E-state index contributed by atoms with van der Waals surface area (Å²) in [5, 5.41) is 6.37. The predicted octanol–water partition coefficient (Wildman–Crippen LogP) is 4.82. The molecule has 1 aromatic heterocycles. The van der Waals surface area contributed by atoms with Gasteiger partial charge in [-0.25, -0.2) is 14.8 Å². The molecule has 0 radical (unpaired) electrons. The Hall–Kier alpha value is -3.49. The molecule has 2 saturated heterocycles. The molecule has 4 atom stereocenters. The highest BCUT2D eigenvalue weighted by Gasteiger charge is 2.49. The number of fused-ring (bicyclic) bond motifs is 1. The molecule has 3 fully saturated rings. The summed E-state index contributed by atoms with van der Waals surface area (Å²) >= 11 is 0. The lowest BCUT2D eigenvalue weighted by Gasteiger charge is -2.24. The van der Waals surface area contributed by atoms with Crippen LogP contribution in [0, 0.1) is 0 Å². The molecular weight excluding hydrogens is 468 g/mol. The molecule has 1 amide bonds. The van der Waals surface area contributed by atoms with Crippen molar-refractivity contribution >= 4 is 12.0 Å². The van der Waals surface area contributed by atoms with Crippen LogP contribution in [-0.2, 0) is 14.2 Å². The first-order chi connectivity index (χ1) is 18.2. The van der Waals surface area contributed by atoms with Gasteiger partial charge in [-0.3, -0.25) is 0 Å². The van der Waals surface area contributed by atoms with Crippen LogP contribution in [0.3, 0.4) is 0 Å². The van der Waals surface area contributed by atoms with E-state index >= 15 is 0 Å². The van der Waals surface area contributed by atoms with Crippen LogP contribution in [0.2, 0.25) is 0 Å². The maximum atomic E-state index is 12.4. The third-order valence-electron chi connectivity index (χ3n) is 7.45. The number of carbonyl (C=O) groups is 1. The van der Waals surface area contributed by atoms with Crippen LogP contribution >= 0.6 is 0 Å². The van der Waals surface area contributed by atoms with Crippen LogP contribution in [0.1, 0.15) is 32.1 Å². The number of aromatic nitrogens is 2. The fourth-order valence-corrected chi connectivity index (χ4v) is 5.49. The first kappa shape index (κ1) is 23.9. The third kappa shape index (κ3) is 5.45. The van der Waals surface area contributed by atoms with Crippen LogP contribution < -0.4 is 10.6 Å². The maximum absolute atomic E-state index is 12.4. The van der Waals surface area contributed by atoms with Crippen molar-refractivity contribution in [2.45, 2.75) is 62.5 Å². The summed E-state index contributed by atoms with van der Waals surface area (Å²) < 4.78 is 17.7. The highest BCUT2D eigenvalue weighted by molar-refractivity contribution is 5.69. The summed E-state index contributed by atoms with van der Waals surface area (Å²) in [6.45, 7) is 0.749. The third-order valence-corrected chi connectivity index (χ3v) is 7.45. The number of nitrogens with one attached hydrogen (secondary N) is 2. The van der Waals surface area contributed by atoms with Gasteiger partial charge in [-0.1, -0.05) is 73.9 Å². The predicted molar refractivity (Wildman–Crippen MR) is 140 cm³/mol. The van der Waals surface area contributed by atoms with E-state index in [2.05, 4.69) is 52.0 Å². The van der Waals surface area contributed by atoms with E-state index in [4.69, 9.17) is 19.2 Å². The molecule has 2 aromatic carbocycles. The number of hydrogen-bond acceptors (Lipinski definition) is 7. The molecular formula is C29H32N4O4. The Morgan fingerprint density at radius 2 is 1.57 bits per heavy atom. The number of carbonyl (C=O) groups excluding carboxylic acids is 1. The van der Waals surface area contributed by atoms with Crippen molar-refractivity contribution in [1.82, 2.24) is 15.3 Å². The molecule has 1 saturated carbocycles. The SMILES string of the molecule is O=C(NC1CCCCC1)OC1COC2C(Nc3nccc(-c4ccc(-c5ccccc5)cc4)n3)COC12. The van der Waals surface area contributed by atoms with E-state index in [1.807, 2.05) is 24.3 Å². The topological polar surface area (TPSA) is 94.6 Å². The first-order valence-corrected chi connectivity index (χ1v) is 13.2. The fraction of sp³-hybridized carbons (Fsp3) is 0.414. The minimum Gasteiger partial charge on any atom is -0.441 e. The second-order valence-corrected chi connectivity index (χ2v) is 9.98. The van der Waals surface area contributed by atoms with Crippen molar-refractivity contribution in [3.05, 3.63) is 66.9 Å². The largest absolute Gasteiger partial charge is 0.441 e. The van der Waals surface area contributed by atoms with Gasteiger partial charge in [-0.15, -0.1) is 0 Å². The Kier molecular flexibility index (Phi) is 7.01. The van der Waals surface area contributed by atoms with Crippen LogP contribution in [0.4, 0.5) is 10.7 Å². The van der Waals surface area contributed by atoms with Crippen molar-refractivity contribution in [3.63, 3.8) is 0 Å². The van der Waals surface area contributed by atoms with Gasteiger partial charge in [0.25, 0.3) is 0 Å². The minimum absolute atomic E-state index is 0.129. The van der Waals surface area contributed by atoms with Crippen LogP contribution in [0.5, 0.6) is 0 Å². The number of amides is 1. The molecule has 3 heterocycles. The summed E-state index contributed by atoms with van der Waals surface area (Å²) in [6.07, 6.45) is 5.99. The van der Waals surface area contributed by atoms with Gasteiger partial charge in [0, 0.05) is 17.8 Å². The van der Waals surface area contributed by atoms with Gasteiger partial charge in [0.2, 0.25) is 5.95 Å². The number of nitrogens with zero attached hydrogens (tertiary/aromatic N) is 2. The van der Waals surface area contributed by atoms with Crippen LogP contribution in [0.15, 0.2) is 66.9 Å². The molecule has 2 N–H and O–H groups in total. The number of benzene rings is 2. The number of anilines is 1. The molecule has 2 aliphatic heterocycles. The Labute approximate surface area is 216 Å². The monoisotopic (exact) mass is 500 g/mol. The highest BCUT2D eigenvalue weighted by Crippen LogP contribution is 2.31. The van der Waals surface area contributed by atoms with Crippen molar-refractivity contribution in [2.24, 2.45) is 0 Å². The zero-order chi connectivity index (χ0) is 25.0. The Bertz CT molecular complexity index is 1200. The van der Waals surface area contributed by atoms with Gasteiger partial charge in [-0.2, -0.15) is 0 Å². The number of hydrogen-bond donors (Lipinski definition) is 2. The number of ether oxygens (including phenoxy) is 3. The maximum Gasteiger partial charge on any atom is 0.407 e. The molecule has 8 nitrogen and oxygen atoms in total. The molecule has 3 aromatic rings. The van der Waals surface area contributed by atoms with Crippen LogP contribution in [-0.4, -0.2) is 59.7 Å².